The molecule has 2 bridgehead atoms. The van der Waals surface area contributed by atoms with Crippen LogP contribution in [0.2, 0.25) is 0 Å². The van der Waals surface area contributed by atoms with E-state index in [1.54, 1.807) is 36.6 Å². The third kappa shape index (κ3) is 13.3. The van der Waals surface area contributed by atoms with Crippen LogP contribution in [0.3, 0.4) is 0 Å². The van der Waals surface area contributed by atoms with Crippen LogP contribution in [0.4, 0.5) is 0 Å². The van der Waals surface area contributed by atoms with Crippen molar-refractivity contribution in [3.05, 3.63) is 23.8 Å². The van der Waals surface area contributed by atoms with Crippen molar-refractivity contribution in [1.29, 1.82) is 0 Å². The smallest absolute Gasteiger partial charge is 0.248 e. The number of carbonyl (C=O) groups is 9. The van der Waals surface area contributed by atoms with E-state index in [-0.39, 0.29) is 23.4 Å². The number of unbranched alkanes of at least 4 members (excludes halogenated alkanes) is 2. The SMILES string of the molecule is CC[C@H](C)[C@@H]1NC(=O)CNC(=O)C2Cc3c(n(CCCCCN)c4cc(OC)ccc34)[S@+]([O-])CC(NC(=O)CNC1=O)C(=O)N[C@@H](CC(N)=O)C(=O)N1C[C@H](O)C[C@]1(C=O)N[C@@H]([C@@H](C)[C@@H](O)CO)C(=O)N2. The quantitative estimate of drug-likeness (QED) is 0.0479. The van der Waals surface area contributed by atoms with E-state index in [1.165, 1.54) is 14.0 Å². The number of ether oxygens (including phenoxy) is 1. The summed E-state index contributed by atoms with van der Waals surface area (Å²) in [6.07, 6.45) is -2.81. The van der Waals surface area contributed by atoms with E-state index in [0.717, 1.165) is 4.90 Å². The molecule has 2 aromatic rings. The highest BCUT2D eigenvalue weighted by Crippen LogP contribution is 2.35. The molecule has 0 radical (unpaired) electrons. The van der Waals surface area contributed by atoms with Crippen molar-refractivity contribution >= 4 is 75.6 Å². The van der Waals surface area contributed by atoms with Crippen molar-refractivity contribution in [2.75, 3.05) is 45.6 Å². The van der Waals surface area contributed by atoms with Crippen LogP contribution in [-0.2, 0) is 67.3 Å². The summed E-state index contributed by atoms with van der Waals surface area (Å²) in [5, 5.41) is 50.5. The average Bonchev–Trinajstić information content (AvgIpc) is 3.84. The molecule has 1 saturated heterocycles. The Balaban J connectivity index is 1.84. The number of aliphatic hydroxyl groups excluding tert-OH is 3. The molecule has 392 valence electrons. The molecule has 8 amide bonds. The molecule has 14 N–H and O–H groups in total. The minimum atomic E-state index is -2.37. The average molecular weight is 1020 g/mol. The lowest BCUT2D eigenvalue weighted by molar-refractivity contribution is -0.147. The molecule has 1 fully saturated rings. The number of hydrogen-bond acceptors (Lipinski definition) is 16. The van der Waals surface area contributed by atoms with Gasteiger partial charge >= 0.3 is 0 Å². The van der Waals surface area contributed by atoms with Gasteiger partial charge in [0.1, 0.15) is 29.6 Å². The highest BCUT2D eigenvalue weighted by atomic mass is 32.2. The summed E-state index contributed by atoms with van der Waals surface area (Å²) in [6.45, 7) is 2.28. The fraction of sp³-hybridized carbons (Fsp3) is 0.622. The zero-order valence-electron chi connectivity index (χ0n) is 40.2. The lowest BCUT2D eigenvalue weighted by Gasteiger charge is -2.40. The number of amides is 8. The number of nitrogens with one attached hydrogen (secondary N) is 7. The predicted molar refractivity (Wildman–Crippen MR) is 254 cm³/mol. The maximum Gasteiger partial charge on any atom is 0.248 e. The molecule has 0 saturated carbocycles. The third-order valence-electron chi connectivity index (χ3n) is 13.2. The number of carbonyl (C=O) groups excluding carboxylic acids is 9. The van der Waals surface area contributed by atoms with Gasteiger partial charge in [0.15, 0.2) is 18.0 Å². The van der Waals surface area contributed by atoms with Gasteiger partial charge in [-0.1, -0.05) is 33.6 Å². The topological polar surface area (TPSA) is 391 Å². The monoisotopic (exact) mass is 1020 g/mol. The molecule has 71 heavy (non-hydrogen) atoms. The summed E-state index contributed by atoms with van der Waals surface area (Å²) in [5.41, 5.74) is 9.72. The highest BCUT2D eigenvalue weighted by Gasteiger charge is 2.53. The van der Waals surface area contributed by atoms with E-state index in [1.807, 2.05) is 0 Å². The summed E-state index contributed by atoms with van der Waals surface area (Å²) in [7, 11) is 1.43. The number of methoxy groups -OCH3 is 1. The van der Waals surface area contributed by atoms with Crippen LogP contribution in [0.15, 0.2) is 23.2 Å². The molecule has 0 spiro atoms. The van der Waals surface area contributed by atoms with Crippen LogP contribution in [0.5, 0.6) is 5.75 Å². The molecule has 4 heterocycles. The maximum atomic E-state index is 15.4. The molecule has 0 aliphatic carbocycles. The van der Waals surface area contributed by atoms with Gasteiger partial charge in [-0.2, -0.15) is 0 Å². The van der Waals surface area contributed by atoms with Gasteiger partial charge in [-0.15, -0.1) is 0 Å². The third-order valence-corrected chi connectivity index (χ3v) is 14.7. The Kier molecular flexibility index (Phi) is 19.7. The van der Waals surface area contributed by atoms with Gasteiger partial charge in [0, 0.05) is 60.0 Å². The molecule has 3 aliphatic rings. The van der Waals surface area contributed by atoms with Gasteiger partial charge < -0.3 is 77.4 Å². The first-order valence-electron chi connectivity index (χ1n) is 23.6. The summed E-state index contributed by atoms with van der Waals surface area (Å²) in [4.78, 5) is 127. The predicted octanol–water partition coefficient (Wildman–Crippen LogP) is -5.01. The normalized spacial score (nSPS) is 27.8. The van der Waals surface area contributed by atoms with Crippen molar-refractivity contribution < 1.29 is 67.8 Å². The molecule has 11 atom stereocenters. The van der Waals surface area contributed by atoms with Crippen molar-refractivity contribution in [3.63, 3.8) is 0 Å². The van der Waals surface area contributed by atoms with Crippen LogP contribution in [-0.4, -0.2) is 177 Å². The van der Waals surface area contributed by atoms with Gasteiger partial charge in [0.05, 0.1) is 57.0 Å². The number of aryl methyl sites for hydroxylation is 1. The summed E-state index contributed by atoms with van der Waals surface area (Å²) < 4.78 is 22.6. The molecule has 3 aliphatic heterocycles. The largest absolute Gasteiger partial charge is 0.610 e. The van der Waals surface area contributed by atoms with Crippen LogP contribution in [0.25, 0.3) is 10.9 Å². The van der Waals surface area contributed by atoms with Crippen molar-refractivity contribution in [2.24, 2.45) is 23.3 Å². The number of fused-ring (bicyclic) bond motifs is 5. The van der Waals surface area contributed by atoms with E-state index < -0.39 is 170 Å². The van der Waals surface area contributed by atoms with Gasteiger partial charge in [-0.05, 0) is 37.4 Å². The minimum absolute atomic E-state index is 0.0334. The Morgan fingerprint density at radius 1 is 0.958 bits per heavy atom. The van der Waals surface area contributed by atoms with Crippen LogP contribution < -0.4 is 53.4 Å². The van der Waals surface area contributed by atoms with Gasteiger partial charge in [0.2, 0.25) is 52.3 Å². The molecule has 1 aromatic carbocycles. The molecule has 2 unspecified atom stereocenters. The molecular weight excluding hydrogens is 951 g/mol. The standard InChI is InChI=1S/C45H67N11O14S/c1-5-23(2)37-41(66)49-17-35(62)50-31-21-71(69)44-28(27-10-9-26(70-4)13-32(27)55(44)12-8-6-7-11-46)14-29(39(64)48-18-36(63)53-37)51-42(67)38(24(3)33(60)20-57)54-45(22-58)16-25(59)19-56(45)43(68)30(15-34(47)61)52-40(31)65/h9-10,13,22-25,29-31,33,37-38,54,57,59-60H,5-8,11-12,14-21,46H2,1-4H3,(H2,47,61)(H,48,64)(H,49,66)(H,50,62)(H,51,67)(H,52,65)(H,53,63)/t23-,24-,25+,29?,30-,31?,33-,37-,38-,45-,71+/m0/s1. The number of benzene rings is 1. The lowest BCUT2D eigenvalue weighted by atomic mass is 9.92. The first kappa shape index (κ1) is 56.0. The highest BCUT2D eigenvalue weighted by molar-refractivity contribution is 7.91. The second-order valence-electron chi connectivity index (χ2n) is 18.2. The number of aliphatic hydroxyl groups is 3. The van der Waals surface area contributed by atoms with E-state index >= 15 is 4.55 Å². The van der Waals surface area contributed by atoms with E-state index in [9.17, 15) is 58.5 Å². The Hall–Kier alpha value is -5.90. The molecule has 25 nitrogen and oxygen atoms in total. The number of rotatable bonds is 14. The lowest BCUT2D eigenvalue weighted by Crippen LogP contribution is -2.69. The Labute approximate surface area is 412 Å². The molecule has 1 aromatic heterocycles. The van der Waals surface area contributed by atoms with Crippen molar-refractivity contribution in [3.8, 4) is 5.75 Å². The Morgan fingerprint density at radius 2 is 1.65 bits per heavy atom. The van der Waals surface area contributed by atoms with E-state index in [0.29, 0.717) is 48.9 Å². The zero-order chi connectivity index (χ0) is 52.3. The summed E-state index contributed by atoms with van der Waals surface area (Å²) in [6, 6.07) is -3.57. The first-order valence-corrected chi connectivity index (χ1v) is 24.9. The van der Waals surface area contributed by atoms with Crippen LogP contribution in [0, 0.1) is 11.8 Å². The van der Waals surface area contributed by atoms with Gasteiger partial charge in [-0.3, -0.25) is 48.5 Å². The second-order valence-corrected chi connectivity index (χ2v) is 19.7. The number of primary amides is 1. The van der Waals surface area contributed by atoms with Gasteiger partial charge in [-0.25, -0.2) is 0 Å². The van der Waals surface area contributed by atoms with Crippen LogP contribution >= 0.6 is 0 Å². The number of nitrogens with zero attached hydrogens (tertiary/aromatic N) is 2. The number of aromatic nitrogens is 1. The fourth-order valence-corrected chi connectivity index (χ4v) is 10.6. The summed E-state index contributed by atoms with van der Waals surface area (Å²) in [5.74, 6) is -10.4. The Morgan fingerprint density at radius 3 is 2.28 bits per heavy atom. The number of hydrogen-bond donors (Lipinski definition) is 12. The zero-order valence-corrected chi connectivity index (χ0v) is 41.0. The molecule has 5 rings (SSSR count). The fourth-order valence-electron chi connectivity index (χ4n) is 9.03. The second kappa shape index (κ2) is 25.0. The first-order chi connectivity index (χ1) is 33.7. The van der Waals surface area contributed by atoms with E-state index in [4.69, 9.17) is 16.2 Å². The van der Waals surface area contributed by atoms with Gasteiger partial charge in [0.25, 0.3) is 0 Å². The Bertz CT molecular complexity index is 2320. The number of aldehydes is 1. The minimum Gasteiger partial charge on any atom is -0.610 e. The van der Waals surface area contributed by atoms with Crippen LogP contribution in [0.1, 0.15) is 64.9 Å². The van der Waals surface area contributed by atoms with Crippen molar-refractivity contribution in [2.45, 2.75) is 125 Å². The number of nitrogens with two attached hydrogens (primary N) is 2. The maximum absolute atomic E-state index is 15.4. The molecular formula is C45H67N11O14S. The van der Waals surface area contributed by atoms with E-state index in [2.05, 4.69) is 37.2 Å². The molecule has 26 heteroatoms. The summed E-state index contributed by atoms with van der Waals surface area (Å²) >= 11 is -2.37. The van der Waals surface area contributed by atoms with Crippen molar-refractivity contribution in [1.82, 2.24) is 46.7 Å².